The average molecular weight is 432 g/mol. The topological polar surface area (TPSA) is 73.5 Å². The summed E-state index contributed by atoms with van der Waals surface area (Å²) >= 11 is 3.43. The van der Waals surface area contributed by atoms with E-state index in [0.717, 1.165) is 21.2 Å². The minimum atomic E-state index is -0.485. The molecule has 0 radical (unpaired) electrons. The van der Waals surface area contributed by atoms with Crippen molar-refractivity contribution in [2.45, 2.75) is 51.4 Å². The second-order valence-electron chi connectivity index (χ2n) is 6.39. The van der Waals surface area contributed by atoms with E-state index in [1.54, 1.807) is 0 Å². The number of hydrogen-bond acceptors (Lipinski definition) is 4. The number of benzene rings is 2. The lowest BCUT2D eigenvalue weighted by Crippen LogP contribution is -2.33. The lowest BCUT2D eigenvalue weighted by atomic mass is 9.92. The van der Waals surface area contributed by atoms with Crippen molar-refractivity contribution >= 4 is 15.9 Å². The summed E-state index contributed by atoms with van der Waals surface area (Å²) in [5.74, 6) is 0. The Balaban J connectivity index is 0.00000126. The second-order valence-corrected chi connectivity index (χ2v) is 7.30. The minimum absolute atomic E-state index is 0.102. The van der Waals surface area contributed by atoms with Crippen LogP contribution in [0.15, 0.2) is 46.9 Å². The highest BCUT2D eigenvalue weighted by Gasteiger charge is 2.29. The molecule has 3 unspecified atom stereocenters. The molecular formula is C22H26BrNO3. The van der Waals surface area contributed by atoms with Gasteiger partial charge in [-0.05, 0) is 41.3 Å². The molecule has 3 atom stereocenters. The van der Waals surface area contributed by atoms with Gasteiger partial charge in [-0.25, -0.2) is 0 Å². The predicted octanol–water partition coefficient (Wildman–Crippen LogP) is 4.51. The molecule has 3 rings (SSSR count). The van der Waals surface area contributed by atoms with Gasteiger partial charge < -0.3 is 14.9 Å². The van der Waals surface area contributed by atoms with E-state index in [4.69, 9.17) is 4.74 Å². The molecule has 2 aromatic carbocycles. The molecule has 5 heteroatoms. The van der Waals surface area contributed by atoms with Crippen LogP contribution < -0.4 is 0 Å². The van der Waals surface area contributed by atoms with Crippen molar-refractivity contribution in [2.75, 3.05) is 6.61 Å². The van der Waals surface area contributed by atoms with E-state index in [-0.39, 0.29) is 18.8 Å². The van der Waals surface area contributed by atoms with E-state index in [9.17, 15) is 15.5 Å². The first kappa shape index (κ1) is 21.6. The highest BCUT2D eigenvalue weighted by Crippen LogP contribution is 2.32. The zero-order valence-electron chi connectivity index (χ0n) is 15.7. The number of rotatable bonds is 4. The van der Waals surface area contributed by atoms with E-state index >= 15 is 0 Å². The first-order chi connectivity index (χ1) is 13.1. The van der Waals surface area contributed by atoms with Crippen LogP contribution >= 0.6 is 15.9 Å². The molecule has 0 saturated carbocycles. The van der Waals surface area contributed by atoms with E-state index in [1.807, 2.05) is 56.3 Å². The zero-order valence-corrected chi connectivity index (χ0v) is 17.3. The molecule has 0 aliphatic carbocycles. The molecule has 1 heterocycles. The second kappa shape index (κ2) is 10.6. The normalized spacial score (nSPS) is 21.7. The van der Waals surface area contributed by atoms with E-state index in [0.29, 0.717) is 24.8 Å². The Morgan fingerprint density at radius 1 is 1.15 bits per heavy atom. The van der Waals surface area contributed by atoms with Crippen molar-refractivity contribution in [2.24, 2.45) is 0 Å². The lowest BCUT2D eigenvalue weighted by molar-refractivity contribution is -0.113. The summed E-state index contributed by atoms with van der Waals surface area (Å²) < 4.78 is 6.91. The zero-order chi connectivity index (χ0) is 19.8. The van der Waals surface area contributed by atoms with Crippen molar-refractivity contribution < 1.29 is 14.9 Å². The molecule has 1 fully saturated rings. The van der Waals surface area contributed by atoms with Crippen molar-refractivity contribution in [1.82, 2.24) is 0 Å². The number of aliphatic hydroxyl groups is 2. The monoisotopic (exact) mass is 431 g/mol. The summed E-state index contributed by atoms with van der Waals surface area (Å²) in [4.78, 5) is 0. The van der Waals surface area contributed by atoms with Crippen molar-refractivity contribution in [3.63, 3.8) is 0 Å². The van der Waals surface area contributed by atoms with Crippen molar-refractivity contribution in [3.05, 3.63) is 69.2 Å². The smallest absolute Gasteiger partial charge is 0.0994 e. The fraction of sp³-hybridized carbons (Fsp3) is 0.409. The van der Waals surface area contributed by atoms with Crippen LogP contribution in [0.4, 0.5) is 0 Å². The van der Waals surface area contributed by atoms with Gasteiger partial charge in [-0.2, -0.15) is 5.26 Å². The molecule has 0 bridgehead atoms. The predicted molar refractivity (Wildman–Crippen MR) is 109 cm³/mol. The first-order valence-corrected chi connectivity index (χ1v) is 10.1. The maximum Gasteiger partial charge on any atom is 0.0994 e. The van der Waals surface area contributed by atoms with Crippen LogP contribution in [-0.4, -0.2) is 29.0 Å². The summed E-state index contributed by atoms with van der Waals surface area (Å²) in [6.07, 6.45) is 0.510. The van der Waals surface area contributed by atoms with Crippen molar-refractivity contribution in [1.29, 1.82) is 5.26 Å². The Kier molecular flexibility index (Phi) is 8.46. The Labute approximate surface area is 169 Å². The van der Waals surface area contributed by atoms with Gasteiger partial charge >= 0.3 is 0 Å². The van der Waals surface area contributed by atoms with E-state index < -0.39 is 6.10 Å². The van der Waals surface area contributed by atoms with Crippen LogP contribution in [0.2, 0.25) is 0 Å². The third-order valence-electron chi connectivity index (χ3n) is 4.51. The van der Waals surface area contributed by atoms with Gasteiger partial charge in [0, 0.05) is 17.3 Å². The van der Waals surface area contributed by atoms with Crippen LogP contribution in [-0.2, 0) is 11.2 Å². The third kappa shape index (κ3) is 5.88. The highest BCUT2D eigenvalue weighted by molar-refractivity contribution is 9.10. The van der Waals surface area contributed by atoms with Crippen LogP contribution in [0.3, 0.4) is 0 Å². The van der Waals surface area contributed by atoms with Crippen LogP contribution in [0.5, 0.6) is 0 Å². The maximum atomic E-state index is 10.0. The Morgan fingerprint density at radius 2 is 1.85 bits per heavy atom. The quantitative estimate of drug-likeness (QED) is 0.746. The van der Waals surface area contributed by atoms with Gasteiger partial charge in [0.05, 0.1) is 36.6 Å². The molecule has 0 spiro atoms. The molecule has 0 amide bonds. The number of nitrogens with zero attached hydrogens (tertiary/aromatic N) is 1. The summed E-state index contributed by atoms with van der Waals surface area (Å²) in [6, 6.07) is 15.9. The van der Waals surface area contributed by atoms with Crippen LogP contribution in [0.25, 0.3) is 0 Å². The minimum Gasteiger partial charge on any atom is -0.394 e. The van der Waals surface area contributed by atoms with Gasteiger partial charge in [0.25, 0.3) is 0 Å². The van der Waals surface area contributed by atoms with Crippen LogP contribution in [0.1, 0.15) is 55.0 Å². The molecule has 27 heavy (non-hydrogen) atoms. The van der Waals surface area contributed by atoms with Gasteiger partial charge in [0.15, 0.2) is 0 Å². The van der Waals surface area contributed by atoms with Crippen molar-refractivity contribution in [3.8, 4) is 6.07 Å². The lowest BCUT2D eigenvalue weighted by Gasteiger charge is -2.32. The third-order valence-corrected chi connectivity index (χ3v) is 5.04. The molecule has 1 aliphatic rings. The molecule has 4 nitrogen and oxygen atoms in total. The summed E-state index contributed by atoms with van der Waals surface area (Å²) in [6.45, 7) is 3.90. The standard InChI is InChI=1S/C20H20BrNO3.C2H6/c21-17-5-1-13(2-6-17)7-16-8-14(3-4-15(16)11-22)20-10-18(24)9-19(12-23)25-20;1-2/h1-6,8,18-20,23-24H,7,9-10,12H2;1-2H3. The molecule has 1 aliphatic heterocycles. The number of ether oxygens (including phenoxy) is 1. The fourth-order valence-corrected chi connectivity index (χ4v) is 3.48. The van der Waals surface area contributed by atoms with Gasteiger partial charge in [-0.1, -0.05) is 54.0 Å². The van der Waals surface area contributed by atoms with E-state index in [2.05, 4.69) is 22.0 Å². The number of nitriles is 1. The molecular weight excluding hydrogens is 406 g/mol. The fourth-order valence-electron chi connectivity index (χ4n) is 3.21. The Bertz CT molecular complexity index is 770. The average Bonchev–Trinajstić information content (AvgIpc) is 2.70. The Hall–Kier alpha value is -1.71. The van der Waals surface area contributed by atoms with Gasteiger partial charge in [0.2, 0.25) is 0 Å². The summed E-state index contributed by atoms with van der Waals surface area (Å²) in [5, 5.41) is 28.8. The molecule has 1 saturated heterocycles. The van der Waals surface area contributed by atoms with Gasteiger partial charge in [-0.3, -0.25) is 0 Å². The molecule has 2 aromatic rings. The highest BCUT2D eigenvalue weighted by atomic mass is 79.9. The summed E-state index contributed by atoms with van der Waals surface area (Å²) in [7, 11) is 0. The molecule has 2 N–H and O–H groups in total. The number of hydrogen-bond donors (Lipinski definition) is 2. The summed E-state index contributed by atoms with van der Waals surface area (Å²) in [5.41, 5.74) is 3.63. The first-order valence-electron chi connectivity index (χ1n) is 9.30. The largest absolute Gasteiger partial charge is 0.394 e. The van der Waals surface area contributed by atoms with Crippen LogP contribution in [0, 0.1) is 11.3 Å². The van der Waals surface area contributed by atoms with Gasteiger partial charge in [0.1, 0.15) is 0 Å². The maximum absolute atomic E-state index is 10.0. The van der Waals surface area contributed by atoms with E-state index in [1.165, 1.54) is 0 Å². The molecule has 144 valence electrons. The SMILES string of the molecule is CC.N#Cc1ccc(C2CC(O)CC(CO)O2)cc1Cc1ccc(Br)cc1. The number of halogens is 1. The Morgan fingerprint density at radius 3 is 2.48 bits per heavy atom. The number of aliphatic hydroxyl groups excluding tert-OH is 2. The van der Waals surface area contributed by atoms with Gasteiger partial charge in [-0.15, -0.1) is 0 Å². The molecule has 0 aromatic heterocycles.